The largest absolute Gasteiger partial charge is 0.392 e. The third-order valence-electron chi connectivity index (χ3n) is 6.35. The minimum Gasteiger partial charge on any atom is -0.392 e. The smallest absolute Gasteiger partial charge is 0.141 e. The van der Waals surface area contributed by atoms with Crippen LogP contribution in [0.15, 0.2) is 42.0 Å². The summed E-state index contributed by atoms with van der Waals surface area (Å²) in [6.45, 7) is 5.19. The highest BCUT2D eigenvalue weighted by molar-refractivity contribution is 7.17. The molecule has 2 saturated heterocycles. The summed E-state index contributed by atoms with van der Waals surface area (Å²) in [5.41, 5.74) is 2.47. The number of aliphatic hydroxyl groups is 1. The molecule has 0 saturated carbocycles. The predicted octanol–water partition coefficient (Wildman–Crippen LogP) is 4.03. The van der Waals surface area contributed by atoms with Crippen LogP contribution in [-0.4, -0.2) is 58.8 Å². The number of hydrogen-bond donors (Lipinski definition) is 1. The summed E-state index contributed by atoms with van der Waals surface area (Å²) in [6, 6.07) is 10.6. The Hall–Kier alpha value is -2.02. The third-order valence-corrected chi connectivity index (χ3v) is 7.23. The molecule has 5 rings (SSSR count). The van der Waals surface area contributed by atoms with Gasteiger partial charge in [0.05, 0.1) is 11.5 Å². The van der Waals surface area contributed by atoms with Crippen LogP contribution in [0.2, 0.25) is 0 Å². The van der Waals surface area contributed by atoms with Crippen LogP contribution >= 0.6 is 11.3 Å². The second kappa shape index (κ2) is 8.38. The number of nitrogens with zero attached hydrogens (tertiary/aromatic N) is 4. The van der Waals surface area contributed by atoms with Gasteiger partial charge in [0.2, 0.25) is 0 Å². The lowest BCUT2D eigenvalue weighted by Gasteiger charge is -2.37. The molecular weight excluding hydrogens is 380 g/mol. The number of hydrogen-bond acceptors (Lipinski definition) is 6. The minimum atomic E-state index is -0.131. The molecule has 5 nitrogen and oxygen atoms in total. The molecule has 0 bridgehead atoms. The molecule has 1 N–H and O–H groups in total. The van der Waals surface area contributed by atoms with E-state index in [-0.39, 0.29) is 6.10 Å². The Morgan fingerprint density at radius 2 is 1.86 bits per heavy atom. The first-order valence-electron chi connectivity index (χ1n) is 10.7. The van der Waals surface area contributed by atoms with Crippen LogP contribution < -0.4 is 4.90 Å². The molecule has 29 heavy (non-hydrogen) atoms. The molecular formula is C23H28N4OS. The van der Waals surface area contributed by atoms with E-state index in [0.29, 0.717) is 5.92 Å². The summed E-state index contributed by atoms with van der Waals surface area (Å²) in [5, 5.41) is 13.3. The highest BCUT2D eigenvalue weighted by Gasteiger charge is 2.26. The molecule has 0 spiro atoms. The molecule has 1 atom stereocenters. The van der Waals surface area contributed by atoms with Crippen LogP contribution in [0, 0.1) is 5.92 Å². The van der Waals surface area contributed by atoms with E-state index in [1.54, 1.807) is 17.7 Å². The summed E-state index contributed by atoms with van der Waals surface area (Å²) in [6.07, 6.45) is 6.03. The lowest BCUT2D eigenvalue weighted by molar-refractivity contribution is 0.0596. The molecule has 0 aliphatic carbocycles. The number of rotatable bonds is 4. The molecule has 2 fully saturated rings. The topological polar surface area (TPSA) is 52.5 Å². The van der Waals surface area contributed by atoms with Gasteiger partial charge in [0.1, 0.15) is 17.0 Å². The van der Waals surface area contributed by atoms with Gasteiger partial charge in [-0.05, 0) is 43.7 Å². The molecule has 152 valence electrons. The third kappa shape index (κ3) is 4.02. The van der Waals surface area contributed by atoms with E-state index in [2.05, 4.69) is 50.5 Å². The van der Waals surface area contributed by atoms with E-state index in [4.69, 9.17) is 4.98 Å². The zero-order valence-corrected chi connectivity index (χ0v) is 17.5. The van der Waals surface area contributed by atoms with E-state index >= 15 is 0 Å². The number of aromatic nitrogens is 2. The van der Waals surface area contributed by atoms with Crippen LogP contribution in [-0.2, 0) is 0 Å². The van der Waals surface area contributed by atoms with Crippen molar-refractivity contribution in [3.63, 3.8) is 0 Å². The van der Waals surface area contributed by atoms with Gasteiger partial charge in [0.25, 0.3) is 0 Å². The predicted molar refractivity (Wildman–Crippen MR) is 119 cm³/mol. The van der Waals surface area contributed by atoms with Crippen LogP contribution in [0.3, 0.4) is 0 Å². The second-order valence-electron chi connectivity index (χ2n) is 8.38. The van der Waals surface area contributed by atoms with E-state index in [1.807, 2.05) is 0 Å². The van der Waals surface area contributed by atoms with Gasteiger partial charge >= 0.3 is 0 Å². The zero-order chi connectivity index (χ0) is 19.6. The monoisotopic (exact) mass is 408 g/mol. The number of benzene rings is 1. The molecule has 4 heterocycles. The Bertz CT molecular complexity index is 952. The van der Waals surface area contributed by atoms with Gasteiger partial charge in [-0.1, -0.05) is 30.3 Å². The van der Waals surface area contributed by atoms with E-state index in [1.165, 1.54) is 29.4 Å². The van der Waals surface area contributed by atoms with Crippen LogP contribution in [0.4, 0.5) is 5.82 Å². The summed E-state index contributed by atoms with van der Waals surface area (Å²) in [7, 11) is 0. The molecule has 0 radical (unpaired) electrons. The normalized spacial score (nSPS) is 21.7. The number of fused-ring (bicyclic) bond motifs is 1. The Kier molecular flexibility index (Phi) is 5.48. The quantitative estimate of drug-likeness (QED) is 0.706. The fourth-order valence-corrected chi connectivity index (χ4v) is 5.73. The molecule has 6 heteroatoms. The average Bonchev–Trinajstić information content (AvgIpc) is 3.19. The van der Waals surface area contributed by atoms with Gasteiger partial charge in [0, 0.05) is 37.1 Å². The zero-order valence-electron chi connectivity index (χ0n) is 16.7. The first kappa shape index (κ1) is 19.0. The molecule has 1 unspecified atom stereocenters. The van der Waals surface area contributed by atoms with Crippen molar-refractivity contribution in [2.75, 3.05) is 37.6 Å². The molecule has 2 aliphatic heterocycles. The first-order valence-corrected chi connectivity index (χ1v) is 11.6. The van der Waals surface area contributed by atoms with Crippen molar-refractivity contribution in [2.24, 2.45) is 5.92 Å². The van der Waals surface area contributed by atoms with E-state index in [9.17, 15) is 5.11 Å². The van der Waals surface area contributed by atoms with Crippen LogP contribution in [0.5, 0.6) is 0 Å². The highest BCUT2D eigenvalue weighted by Crippen LogP contribution is 2.38. The maximum absolute atomic E-state index is 9.94. The number of likely N-dealkylation sites (tertiary alicyclic amines) is 1. The SMILES string of the molecule is OC1CCCN(CC2CCN(c3ncnc4scc(-c5ccccc5)c34)CC2)C1. The summed E-state index contributed by atoms with van der Waals surface area (Å²) < 4.78 is 0. The molecule has 3 aromatic rings. The van der Waals surface area contributed by atoms with Gasteiger partial charge < -0.3 is 14.9 Å². The van der Waals surface area contributed by atoms with Crippen LogP contribution in [0.1, 0.15) is 25.7 Å². The van der Waals surface area contributed by atoms with Crippen molar-refractivity contribution >= 4 is 27.4 Å². The Balaban J connectivity index is 1.33. The fourth-order valence-electron chi connectivity index (χ4n) is 4.82. The van der Waals surface area contributed by atoms with Crippen molar-refractivity contribution in [2.45, 2.75) is 31.8 Å². The van der Waals surface area contributed by atoms with Gasteiger partial charge in [-0.15, -0.1) is 11.3 Å². The first-order chi connectivity index (χ1) is 14.3. The van der Waals surface area contributed by atoms with Crippen molar-refractivity contribution in [3.8, 4) is 11.1 Å². The van der Waals surface area contributed by atoms with Crippen molar-refractivity contribution in [3.05, 3.63) is 42.0 Å². The van der Waals surface area contributed by atoms with Gasteiger partial charge in [-0.3, -0.25) is 0 Å². The maximum atomic E-state index is 9.94. The van der Waals surface area contributed by atoms with Gasteiger partial charge in [-0.2, -0.15) is 0 Å². The molecule has 2 aromatic heterocycles. The molecule has 2 aliphatic rings. The Morgan fingerprint density at radius 1 is 1.03 bits per heavy atom. The Morgan fingerprint density at radius 3 is 2.66 bits per heavy atom. The number of anilines is 1. The second-order valence-corrected chi connectivity index (χ2v) is 9.24. The van der Waals surface area contributed by atoms with Crippen molar-refractivity contribution < 1.29 is 5.11 Å². The summed E-state index contributed by atoms with van der Waals surface area (Å²) in [5.74, 6) is 1.80. The van der Waals surface area contributed by atoms with E-state index in [0.717, 1.165) is 56.2 Å². The minimum absolute atomic E-state index is 0.131. The maximum Gasteiger partial charge on any atom is 0.141 e. The highest BCUT2D eigenvalue weighted by atomic mass is 32.1. The number of aliphatic hydroxyl groups excluding tert-OH is 1. The molecule has 1 aromatic carbocycles. The Labute approximate surface area is 176 Å². The lowest BCUT2D eigenvalue weighted by Crippen LogP contribution is -2.43. The standard InChI is InChI=1S/C23H28N4OS/c28-19-7-4-10-26(14-19)13-17-8-11-27(12-9-17)22-21-20(18-5-2-1-3-6-18)15-29-23(21)25-16-24-22/h1-3,5-6,15-17,19,28H,4,7-14H2. The van der Waals surface area contributed by atoms with Gasteiger partial charge in [0.15, 0.2) is 0 Å². The fraction of sp³-hybridized carbons (Fsp3) is 0.478. The summed E-state index contributed by atoms with van der Waals surface area (Å²) in [4.78, 5) is 15.2. The average molecular weight is 409 g/mol. The number of β-amino-alcohol motifs (C(OH)–C–C–N with tert-alkyl or cyclic N) is 1. The van der Waals surface area contributed by atoms with Gasteiger partial charge in [-0.25, -0.2) is 9.97 Å². The van der Waals surface area contributed by atoms with Crippen molar-refractivity contribution in [1.82, 2.24) is 14.9 Å². The lowest BCUT2D eigenvalue weighted by atomic mass is 9.94. The summed E-state index contributed by atoms with van der Waals surface area (Å²) >= 11 is 1.70. The number of thiophene rings is 1. The number of piperidine rings is 2. The van der Waals surface area contributed by atoms with E-state index < -0.39 is 0 Å². The molecule has 0 amide bonds. The van der Waals surface area contributed by atoms with Crippen LogP contribution in [0.25, 0.3) is 21.3 Å². The van der Waals surface area contributed by atoms with Crippen molar-refractivity contribution in [1.29, 1.82) is 0 Å².